The van der Waals surface area contributed by atoms with Crippen LogP contribution in [0.2, 0.25) is 5.02 Å². The lowest BCUT2D eigenvalue weighted by Gasteiger charge is -2.12. The molecule has 0 saturated heterocycles. The van der Waals surface area contributed by atoms with E-state index < -0.39 is 0 Å². The van der Waals surface area contributed by atoms with E-state index in [2.05, 4.69) is 15.6 Å². The molecule has 2 aromatic carbocycles. The van der Waals surface area contributed by atoms with Crippen molar-refractivity contribution in [3.05, 3.63) is 71.0 Å². The van der Waals surface area contributed by atoms with Gasteiger partial charge in [-0.3, -0.25) is 9.78 Å². The van der Waals surface area contributed by atoms with Crippen molar-refractivity contribution in [3.63, 3.8) is 0 Å². The first-order chi connectivity index (χ1) is 13.5. The van der Waals surface area contributed by atoms with Crippen molar-refractivity contribution in [1.29, 1.82) is 0 Å². The fourth-order valence-corrected chi connectivity index (χ4v) is 2.89. The number of anilines is 3. The van der Waals surface area contributed by atoms with Crippen LogP contribution in [0, 0.1) is 6.92 Å². The van der Waals surface area contributed by atoms with Crippen molar-refractivity contribution in [2.75, 3.05) is 24.9 Å². The van der Waals surface area contributed by atoms with Crippen LogP contribution in [-0.2, 0) is 0 Å². The van der Waals surface area contributed by atoms with E-state index in [9.17, 15) is 4.79 Å². The van der Waals surface area contributed by atoms with Crippen molar-refractivity contribution in [1.82, 2.24) is 4.98 Å². The number of aromatic nitrogens is 1. The average molecular weight is 398 g/mol. The second-order valence-corrected chi connectivity index (χ2v) is 6.47. The molecule has 3 rings (SSSR count). The lowest BCUT2D eigenvalue weighted by atomic mass is 10.2. The SMILES string of the molecule is COc1ccc(NC(=O)c2cc(Nc3ccc(Cl)cc3C)ccn2)cc1OC. The molecule has 7 heteroatoms. The molecule has 1 aromatic heterocycles. The summed E-state index contributed by atoms with van der Waals surface area (Å²) in [5, 5.41) is 6.76. The Hall–Kier alpha value is -3.25. The Kier molecular flexibility index (Phi) is 6.01. The first-order valence-corrected chi connectivity index (χ1v) is 8.90. The molecule has 28 heavy (non-hydrogen) atoms. The molecular formula is C21H20ClN3O3. The van der Waals surface area contributed by atoms with Crippen LogP contribution in [0.3, 0.4) is 0 Å². The fraction of sp³-hybridized carbons (Fsp3) is 0.143. The van der Waals surface area contributed by atoms with E-state index in [1.165, 1.54) is 0 Å². The summed E-state index contributed by atoms with van der Waals surface area (Å²) >= 11 is 6.00. The molecule has 0 aliphatic carbocycles. The number of halogens is 1. The standard InChI is InChI=1S/C21H20ClN3O3/c1-13-10-14(22)4-6-17(13)24-16-8-9-23-18(11-16)21(26)25-15-5-7-19(27-2)20(12-15)28-3/h4-12H,1-3H3,(H,23,24)(H,25,26). The van der Waals surface area contributed by atoms with Crippen molar-refractivity contribution in [2.45, 2.75) is 6.92 Å². The van der Waals surface area contributed by atoms with Gasteiger partial charge < -0.3 is 20.1 Å². The number of aryl methyl sites for hydroxylation is 1. The van der Waals surface area contributed by atoms with Crippen molar-refractivity contribution in [3.8, 4) is 11.5 Å². The van der Waals surface area contributed by atoms with Crippen LogP contribution in [0.15, 0.2) is 54.7 Å². The number of nitrogens with zero attached hydrogens (tertiary/aromatic N) is 1. The van der Waals surface area contributed by atoms with Gasteiger partial charge in [-0.15, -0.1) is 0 Å². The van der Waals surface area contributed by atoms with E-state index in [1.807, 2.05) is 25.1 Å². The van der Waals surface area contributed by atoms with Gasteiger partial charge in [0.05, 0.1) is 14.2 Å². The Morgan fingerprint density at radius 3 is 2.46 bits per heavy atom. The van der Waals surface area contributed by atoms with E-state index in [-0.39, 0.29) is 11.6 Å². The number of carbonyl (C=O) groups excluding carboxylic acids is 1. The molecule has 144 valence electrons. The smallest absolute Gasteiger partial charge is 0.274 e. The summed E-state index contributed by atoms with van der Waals surface area (Å²) < 4.78 is 10.5. The molecule has 0 radical (unpaired) electrons. The highest BCUT2D eigenvalue weighted by Gasteiger charge is 2.11. The van der Waals surface area contributed by atoms with Crippen molar-refractivity contribution >= 4 is 34.6 Å². The summed E-state index contributed by atoms with van der Waals surface area (Å²) in [5.74, 6) is 0.786. The summed E-state index contributed by atoms with van der Waals surface area (Å²) in [6, 6.07) is 14.2. The van der Waals surface area contributed by atoms with Crippen LogP contribution in [0.5, 0.6) is 11.5 Å². The second kappa shape index (κ2) is 8.63. The summed E-state index contributed by atoms with van der Waals surface area (Å²) in [7, 11) is 3.10. The number of nitrogens with one attached hydrogen (secondary N) is 2. The molecule has 0 unspecified atom stereocenters. The average Bonchev–Trinajstić information content (AvgIpc) is 2.70. The Morgan fingerprint density at radius 2 is 1.75 bits per heavy atom. The van der Waals surface area contributed by atoms with Crippen molar-refractivity contribution < 1.29 is 14.3 Å². The maximum absolute atomic E-state index is 12.6. The van der Waals surface area contributed by atoms with Gasteiger partial charge >= 0.3 is 0 Å². The predicted molar refractivity (Wildman–Crippen MR) is 111 cm³/mol. The van der Waals surface area contributed by atoms with Gasteiger partial charge in [-0.25, -0.2) is 0 Å². The van der Waals surface area contributed by atoms with Gasteiger partial charge in [0.15, 0.2) is 11.5 Å². The van der Waals surface area contributed by atoms with Gasteiger partial charge in [-0.2, -0.15) is 0 Å². The molecule has 0 atom stereocenters. The zero-order valence-electron chi connectivity index (χ0n) is 15.7. The maximum atomic E-state index is 12.6. The first-order valence-electron chi connectivity index (χ1n) is 8.53. The van der Waals surface area contributed by atoms with Crippen LogP contribution < -0.4 is 20.1 Å². The van der Waals surface area contributed by atoms with Crippen LogP contribution in [0.1, 0.15) is 16.1 Å². The van der Waals surface area contributed by atoms with Gasteiger partial charge in [0.1, 0.15) is 5.69 Å². The predicted octanol–water partition coefficient (Wildman–Crippen LogP) is 5.06. The molecule has 2 N–H and O–H groups in total. The molecule has 0 aliphatic heterocycles. The molecule has 1 heterocycles. The lowest BCUT2D eigenvalue weighted by molar-refractivity contribution is 0.102. The van der Waals surface area contributed by atoms with Crippen LogP contribution in [-0.4, -0.2) is 25.1 Å². The number of hydrogen-bond donors (Lipinski definition) is 2. The number of amides is 1. The molecule has 0 spiro atoms. The van der Waals surface area contributed by atoms with Crippen LogP contribution in [0.4, 0.5) is 17.1 Å². The minimum atomic E-state index is -0.330. The monoisotopic (exact) mass is 397 g/mol. The molecule has 3 aromatic rings. The first kappa shape index (κ1) is 19.5. The number of pyridine rings is 1. The molecule has 0 fully saturated rings. The van der Waals surface area contributed by atoms with Gasteiger partial charge in [0.2, 0.25) is 0 Å². The van der Waals surface area contributed by atoms with E-state index in [1.54, 1.807) is 50.7 Å². The number of methoxy groups -OCH3 is 2. The van der Waals surface area contributed by atoms with E-state index in [4.69, 9.17) is 21.1 Å². The highest BCUT2D eigenvalue weighted by molar-refractivity contribution is 6.30. The number of ether oxygens (including phenoxy) is 2. The summed E-state index contributed by atoms with van der Waals surface area (Å²) in [6.07, 6.45) is 1.58. The van der Waals surface area contributed by atoms with Gasteiger partial charge in [0.25, 0.3) is 5.91 Å². The number of hydrogen-bond acceptors (Lipinski definition) is 5. The zero-order chi connectivity index (χ0) is 20.1. The third-order valence-corrected chi connectivity index (χ3v) is 4.34. The number of carbonyl (C=O) groups is 1. The Balaban J connectivity index is 1.77. The summed E-state index contributed by atoms with van der Waals surface area (Å²) in [5.41, 5.74) is 3.52. The quantitative estimate of drug-likeness (QED) is 0.608. The lowest BCUT2D eigenvalue weighted by Crippen LogP contribution is -2.14. The third-order valence-electron chi connectivity index (χ3n) is 4.10. The van der Waals surface area contributed by atoms with Crippen LogP contribution in [0.25, 0.3) is 0 Å². The second-order valence-electron chi connectivity index (χ2n) is 6.04. The normalized spacial score (nSPS) is 10.3. The number of benzene rings is 2. The molecule has 6 nitrogen and oxygen atoms in total. The zero-order valence-corrected chi connectivity index (χ0v) is 16.5. The molecule has 0 bridgehead atoms. The minimum Gasteiger partial charge on any atom is -0.493 e. The topological polar surface area (TPSA) is 72.5 Å². The summed E-state index contributed by atoms with van der Waals surface area (Å²) in [6.45, 7) is 1.96. The van der Waals surface area contributed by atoms with Gasteiger partial charge in [-0.05, 0) is 55.0 Å². The molecular weight excluding hydrogens is 378 g/mol. The summed E-state index contributed by atoms with van der Waals surface area (Å²) in [4.78, 5) is 16.8. The molecule has 0 saturated carbocycles. The maximum Gasteiger partial charge on any atom is 0.274 e. The third kappa shape index (κ3) is 4.53. The van der Waals surface area contributed by atoms with E-state index in [0.717, 1.165) is 16.9 Å². The van der Waals surface area contributed by atoms with Gasteiger partial charge in [0, 0.05) is 34.3 Å². The Labute approximate surface area is 168 Å². The highest BCUT2D eigenvalue weighted by atomic mass is 35.5. The fourth-order valence-electron chi connectivity index (χ4n) is 2.66. The molecule has 1 amide bonds. The largest absolute Gasteiger partial charge is 0.493 e. The minimum absolute atomic E-state index is 0.284. The van der Waals surface area contributed by atoms with E-state index >= 15 is 0 Å². The highest BCUT2D eigenvalue weighted by Crippen LogP contribution is 2.30. The Morgan fingerprint density at radius 1 is 0.964 bits per heavy atom. The molecule has 0 aliphatic rings. The Bertz CT molecular complexity index is 1010. The van der Waals surface area contributed by atoms with Crippen molar-refractivity contribution in [2.24, 2.45) is 0 Å². The van der Waals surface area contributed by atoms with Gasteiger partial charge in [-0.1, -0.05) is 11.6 Å². The van der Waals surface area contributed by atoms with Crippen LogP contribution >= 0.6 is 11.6 Å². The number of rotatable bonds is 6. The van der Waals surface area contributed by atoms with E-state index in [0.29, 0.717) is 22.2 Å².